The number of benzene rings is 1. The van der Waals surface area contributed by atoms with E-state index in [0.29, 0.717) is 23.8 Å². The predicted molar refractivity (Wildman–Crippen MR) is 143 cm³/mol. The van der Waals surface area contributed by atoms with Crippen LogP contribution in [-0.4, -0.2) is 70.9 Å². The van der Waals surface area contributed by atoms with E-state index in [-0.39, 0.29) is 35.2 Å². The highest BCUT2D eigenvalue weighted by molar-refractivity contribution is 7.92. The highest BCUT2D eigenvalue weighted by Gasteiger charge is 2.33. The fourth-order valence-electron chi connectivity index (χ4n) is 5.24. The molecule has 2 aliphatic heterocycles. The molecule has 37 heavy (non-hydrogen) atoms. The highest BCUT2D eigenvalue weighted by Crippen LogP contribution is 2.34. The quantitative estimate of drug-likeness (QED) is 0.504. The standard InChI is InChI=1S/C25H31ClN6O4S/c1-15-12-30(14-22(15)33)24-16(2)13-32-23(27-24)11-20(28-32)21-6-4-5-9-31(21)25(34)18-10-17(26)7-8-19(18)29-37(3,35)36/h7-8,10-11,13,15,21-22,29,33H,4-6,9,12,14H2,1-3H3/t15-,21+,22+/m1/s1. The molecule has 3 aromatic rings. The first-order chi connectivity index (χ1) is 17.5. The number of hydrogen-bond acceptors (Lipinski definition) is 7. The third kappa shape index (κ3) is 5.25. The summed E-state index contributed by atoms with van der Waals surface area (Å²) in [6.07, 6.45) is 5.09. The summed E-state index contributed by atoms with van der Waals surface area (Å²) in [7, 11) is -3.59. The van der Waals surface area contributed by atoms with E-state index in [0.717, 1.165) is 49.1 Å². The van der Waals surface area contributed by atoms with Gasteiger partial charge in [-0.2, -0.15) is 5.10 Å². The van der Waals surface area contributed by atoms with E-state index in [4.69, 9.17) is 21.7 Å². The van der Waals surface area contributed by atoms with Crippen LogP contribution in [0.1, 0.15) is 53.8 Å². The van der Waals surface area contributed by atoms with E-state index < -0.39 is 10.0 Å². The predicted octanol–water partition coefficient (Wildman–Crippen LogP) is 3.25. The molecule has 1 aromatic carbocycles. The van der Waals surface area contributed by atoms with Gasteiger partial charge in [-0.05, 0) is 44.4 Å². The van der Waals surface area contributed by atoms with E-state index in [9.17, 15) is 18.3 Å². The topological polar surface area (TPSA) is 120 Å². The van der Waals surface area contributed by atoms with Gasteiger partial charge in [-0.15, -0.1) is 0 Å². The molecule has 1 amide bonds. The van der Waals surface area contributed by atoms with E-state index in [1.165, 1.54) is 12.1 Å². The van der Waals surface area contributed by atoms with E-state index in [1.54, 1.807) is 15.5 Å². The summed E-state index contributed by atoms with van der Waals surface area (Å²) in [5.41, 5.74) is 2.75. The van der Waals surface area contributed by atoms with Crippen LogP contribution in [-0.2, 0) is 10.0 Å². The van der Waals surface area contributed by atoms with Crippen molar-refractivity contribution < 1.29 is 18.3 Å². The number of likely N-dealkylation sites (tertiary alicyclic amines) is 1. The second kappa shape index (κ2) is 9.77. The number of halogens is 1. The minimum Gasteiger partial charge on any atom is -0.391 e. The number of amides is 1. The van der Waals surface area contributed by atoms with Gasteiger partial charge in [0, 0.05) is 48.4 Å². The molecular formula is C25H31ClN6O4S. The first kappa shape index (κ1) is 25.7. The van der Waals surface area contributed by atoms with Crippen LogP contribution in [0, 0.1) is 12.8 Å². The Morgan fingerprint density at radius 2 is 2.00 bits per heavy atom. The molecule has 2 aromatic heterocycles. The summed E-state index contributed by atoms with van der Waals surface area (Å²) in [6, 6.07) is 6.17. The van der Waals surface area contributed by atoms with Gasteiger partial charge >= 0.3 is 0 Å². The minimum absolute atomic E-state index is 0.174. The van der Waals surface area contributed by atoms with Crippen molar-refractivity contribution >= 4 is 44.7 Å². The number of aliphatic hydroxyl groups is 1. The number of carbonyl (C=O) groups excluding carboxylic acids is 1. The van der Waals surface area contributed by atoms with Crippen LogP contribution in [0.4, 0.5) is 11.5 Å². The fraction of sp³-hybridized carbons (Fsp3) is 0.480. The van der Waals surface area contributed by atoms with Crippen molar-refractivity contribution in [3.05, 3.63) is 52.3 Å². The largest absolute Gasteiger partial charge is 0.391 e. The second-order valence-corrected chi connectivity index (χ2v) is 12.3. The fourth-order valence-corrected chi connectivity index (χ4v) is 5.99. The number of piperidine rings is 1. The number of sulfonamides is 1. The van der Waals surface area contributed by atoms with Crippen LogP contribution in [0.15, 0.2) is 30.5 Å². The van der Waals surface area contributed by atoms with Crippen molar-refractivity contribution in [2.45, 2.75) is 45.3 Å². The Morgan fingerprint density at radius 1 is 1.22 bits per heavy atom. The molecule has 2 aliphatic rings. The smallest absolute Gasteiger partial charge is 0.256 e. The van der Waals surface area contributed by atoms with Gasteiger partial charge in [0.05, 0.1) is 35.3 Å². The van der Waals surface area contributed by atoms with E-state index in [2.05, 4.69) is 9.62 Å². The molecule has 0 aliphatic carbocycles. The van der Waals surface area contributed by atoms with Crippen LogP contribution in [0.5, 0.6) is 0 Å². The van der Waals surface area contributed by atoms with Crippen molar-refractivity contribution in [2.24, 2.45) is 5.92 Å². The Bertz CT molecular complexity index is 1450. The number of fused-ring (bicyclic) bond motifs is 1. The summed E-state index contributed by atoms with van der Waals surface area (Å²) >= 11 is 6.19. The maximum atomic E-state index is 13.8. The normalized spacial score (nSPS) is 22.6. The molecule has 10 nitrogen and oxygen atoms in total. The number of rotatable bonds is 5. The lowest BCUT2D eigenvalue weighted by Crippen LogP contribution is -2.39. The molecule has 0 bridgehead atoms. The summed E-state index contributed by atoms with van der Waals surface area (Å²) in [4.78, 5) is 22.5. The summed E-state index contributed by atoms with van der Waals surface area (Å²) in [6.45, 7) is 5.80. The Morgan fingerprint density at radius 3 is 2.70 bits per heavy atom. The van der Waals surface area contributed by atoms with Gasteiger partial charge in [0.1, 0.15) is 5.82 Å². The van der Waals surface area contributed by atoms with E-state index in [1.807, 2.05) is 26.1 Å². The van der Waals surface area contributed by atoms with Gasteiger partial charge in [-0.1, -0.05) is 18.5 Å². The molecule has 3 atom stereocenters. The van der Waals surface area contributed by atoms with Crippen molar-refractivity contribution in [2.75, 3.05) is 35.5 Å². The molecule has 0 radical (unpaired) electrons. The van der Waals surface area contributed by atoms with Crippen LogP contribution >= 0.6 is 11.6 Å². The number of anilines is 2. The van der Waals surface area contributed by atoms with E-state index >= 15 is 0 Å². The molecule has 2 N–H and O–H groups in total. The number of aryl methyl sites for hydroxylation is 1. The summed E-state index contributed by atoms with van der Waals surface area (Å²) in [5.74, 6) is 0.697. The van der Waals surface area contributed by atoms with Gasteiger partial charge in [0.25, 0.3) is 5.91 Å². The number of aliphatic hydroxyl groups excluding tert-OH is 1. The van der Waals surface area contributed by atoms with Gasteiger partial charge in [0.2, 0.25) is 10.0 Å². The SMILES string of the molecule is Cc1cn2nc([C@@H]3CCCCN3C(=O)c3cc(Cl)ccc3NS(C)(=O)=O)cc2nc1N1C[C@@H](C)[C@@H](O)C1. The average Bonchev–Trinajstić information content (AvgIpc) is 3.40. The first-order valence-corrected chi connectivity index (χ1v) is 14.7. The molecule has 2 saturated heterocycles. The van der Waals surface area contributed by atoms with Gasteiger partial charge in [0.15, 0.2) is 5.65 Å². The summed E-state index contributed by atoms with van der Waals surface area (Å²) < 4.78 is 28.0. The molecule has 12 heteroatoms. The zero-order valence-corrected chi connectivity index (χ0v) is 22.6. The maximum absolute atomic E-state index is 13.8. The number of β-amino-alcohol motifs (C(OH)–C–C–N with tert-alkyl or cyclic N) is 1. The van der Waals surface area contributed by atoms with Crippen LogP contribution in [0.3, 0.4) is 0 Å². The third-order valence-electron chi connectivity index (χ3n) is 7.11. The van der Waals surface area contributed by atoms with Gasteiger partial charge in [-0.3, -0.25) is 9.52 Å². The molecule has 0 spiro atoms. The zero-order chi connectivity index (χ0) is 26.5. The third-order valence-corrected chi connectivity index (χ3v) is 7.93. The average molecular weight is 547 g/mol. The monoisotopic (exact) mass is 546 g/mol. The van der Waals surface area contributed by atoms with Crippen LogP contribution < -0.4 is 9.62 Å². The number of nitrogens with one attached hydrogen (secondary N) is 1. The molecule has 0 saturated carbocycles. The molecule has 5 rings (SSSR count). The highest BCUT2D eigenvalue weighted by atomic mass is 35.5. The van der Waals surface area contributed by atoms with Crippen molar-refractivity contribution in [3.63, 3.8) is 0 Å². The van der Waals surface area contributed by atoms with Crippen LogP contribution in [0.2, 0.25) is 5.02 Å². The van der Waals surface area contributed by atoms with Gasteiger partial charge in [-0.25, -0.2) is 17.9 Å². The zero-order valence-electron chi connectivity index (χ0n) is 21.1. The summed E-state index contributed by atoms with van der Waals surface area (Å²) in [5, 5.41) is 15.3. The Labute approximate surface area is 221 Å². The lowest BCUT2D eigenvalue weighted by molar-refractivity contribution is 0.0607. The molecule has 0 unspecified atom stereocenters. The Kier molecular flexibility index (Phi) is 6.80. The number of aromatic nitrogens is 3. The number of carbonyl (C=O) groups is 1. The lowest BCUT2D eigenvalue weighted by atomic mass is 9.98. The van der Waals surface area contributed by atoms with Crippen molar-refractivity contribution in [1.29, 1.82) is 0 Å². The van der Waals surface area contributed by atoms with Crippen molar-refractivity contribution in [1.82, 2.24) is 19.5 Å². The number of hydrogen-bond donors (Lipinski definition) is 2. The second-order valence-electron chi connectivity index (χ2n) is 10.1. The van der Waals surface area contributed by atoms with Crippen molar-refractivity contribution in [3.8, 4) is 0 Å². The molecule has 198 valence electrons. The lowest BCUT2D eigenvalue weighted by Gasteiger charge is -2.35. The minimum atomic E-state index is -3.59. The molecule has 2 fully saturated rings. The maximum Gasteiger partial charge on any atom is 0.256 e. The number of nitrogens with zero attached hydrogens (tertiary/aromatic N) is 5. The first-order valence-electron chi connectivity index (χ1n) is 12.4. The Balaban J connectivity index is 1.48. The van der Waals surface area contributed by atoms with Gasteiger partial charge < -0.3 is 14.9 Å². The molecular weight excluding hydrogens is 516 g/mol. The van der Waals surface area contributed by atoms with Crippen LogP contribution in [0.25, 0.3) is 5.65 Å². The Hall–Kier alpha value is -2.89. The molecule has 4 heterocycles.